The quantitative estimate of drug-likeness (QED) is 0.833. The van der Waals surface area contributed by atoms with Crippen LogP contribution in [-0.2, 0) is 14.9 Å². The molecule has 2 rings (SSSR count). The van der Waals surface area contributed by atoms with Crippen molar-refractivity contribution in [1.29, 1.82) is 0 Å². The third-order valence-electron chi connectivity index (χ3n) is 2.35. The summed E-state index contributed by atoms with van der Waals surface area (Å²) in [7, 11) is -3.62. The van der Waals surface area contributed by atoms with E-state index in [1.807, 2.05) is 0 Å². The number of pyridine rings is 1. The zero-order valence-electron chi connectivity index (χ0n) is 9.27. The molecule has 0 aliphatic carbocycles. The molecular weight excluding hydrogens is 346 g/mol. The van der Waals surface area contributed by atoms with Crippen molar-refractivity contribution in [1.82, 2.24) is 9.29 Å². The number of nitrogens with zero attached hydrogens (tertiary/aromatic N) is 2. The molecule has 1 aromatic rings. The topological polar surface area (TPSA) is 71.5 Å². The maximum absolute atomic E-state index is 12.1. The summed E-state index contributed by atoms with van der Waals surface area (Å²) in [5, 5.41) is 0.107. The van der Waals surface area contributed by atoms with Gasteiger partial charge < -0.3 is 4.74 Å². The van der Waals surface area contributed by atoms with Gasteiger partial charge in [-0.15, -0.1) is 0 Å². The average Bonchev–Trinajstić information content (AvgIpc) is 2.35. The van der Waals surface area contributed by atoms with E-state index < -0.39 is 10.2 Å². The Morgan fingerprint density at radius 3 is 2.78 bits per heavy atom. The molecule has 100 valence electrons. The van der Waals surface area contributed by atoms with Crippen molar-refractivity contribution in [3.05, 3.63) is 21.9 Å². The van der Waals surface area contributed by atoms with Gasteiger partial charge in [-0.1, -0.05) is 11.6 Å². The van der Waals surface area contributed by atoms with Gasteiger partial charge in [0.25, 0.3) is 0 Å². The van der Waals surface area contributed by atoms with Crippen LogP contribution in [0.15, 0.2) is 16.7 Å². The normalized spacial score (nSPS) is 17.7. The minimum absolute atomic E-state index is 0.107. The minimum Gasteiger partial charge on any atom is -0.379 e. The van der Waals surface area contributed by atoms with Crippen LogP contribution in [0.5, 0.6) is 0 Å². The van der Waals surface area contributed by atoms with Gasteiger partial charge in [0.15, 0.2) is 5.15 Å². The van der Waals surface area contributed by atoms with Gasteiger partial charge >= 0.3 is 10.2 Å². The van der Waals surface area contributed by atoms with Gasteiger partial charge in [0.2, 0.25) is 0 Å². The van der Waals surface area contributed by atoms with Crippen LogP contribution in [0.3, 0.4) is 0 Å². The highest BCUT2D eigenvalue weighted by Gasteiger charge is 2.25. The molecule has 9 heteroatoms. The van der Waals surface area contributed by atoms with Crippen molar-refractivity contribution >= 4 is 43.4 Å². The Hall–Kier alpha value is -0.410. The first-order chi connectivity index (χ1) is 8.49. The zero-order chi connectivity index (χ0) is 13.2. The lowest BCUT2D eigenvalue weighted by molar-refractivity contribution is 0.0733. The van der Waals surface area contributed by atoms with E-state index in [9.17, 15) is 8.42 Å². The molecule has 2 heterocycles. The van der Waals surface area contributed by atoms with E-state index in [2.05, 4.69) is 25.6 Å². The van der Waals surface area contributed by atoms with Gasteiger partial charge in [-0.3, -0.25) is 4.72 Å². The molecule has 0 radical (unpaired) electrons. The highest BCUT2D eigenvalue weighted by atomic mass is 79.9. The number of aromatic nitrogens is 1. The van der Waals surface area contributed by atoms with Crippen LogP contribution in [0.1, 0.15) is 0 Å². The van der Waals surface area contributed by atoms with E-state index in [-0.39, 0.29) is 10.8 Å². The number of ether oxygens (including phenoxy) is 1. The third-order valence-corrected chi connectivity index (χ3v) is 4.61. The first-order valence-electron chi connectivity index (χ1n) is 5.16. The number of rotatable bonds is 3. The van der Waals surface area contributed by atoms with E-state index in [0.717, 1.165) is 0 Å². The lowest BCUT2D eigenvalue weighted by atomic mass is 10.4. The second-order valence-electron chi connectivity index (χ2n) is 3.61. The van der Waals surface area contributed by atoms with Crippen LogP contribution >= 0.6 is 27.5 Å². The van der Waals surface area contributed by atoms with Crippen LogP contribution in [0.4, 0.5) is 5.69 Å². The molecule has 6 nitrogen and oxygen atoms in total. The lowest BCUT2D eigenvalue weighted by Crippen LogP contribution is -2.43. The molecule has 18 heavy (non-hydrogen) atoms. The first kappa shape index (κ1) is 14.0. The van der Waals surface area contributed by atoms with E-state index in [4.69, 9.17) is 16.3 Å². The molecule has 1 N–H and O–H groups in total. The maximum atomic E-state index is 12.1. The molecule has 0 unspecified atom stereocenters. The molecule has 1 aliphatic heterocycles. The smallest absolute Gasteiger partial charge is 0.301 e. The highest BCUT2D eigenvalue weighted by molar-refractivity contribution is 9.10. The molecule has 1 fully saturated rings. The third kappa shape index (κ3) is 3.33. The molecule has 1 aliphatic rings. The summed E-state index contributed by atoms with van der Waals surface area (Å²) in [6.45, 7) is 1.44. The highest BCUT2D eigenvalue weighted by Crippen LogP contribution is 2.24. The number of hydrogen-bond donors (Lipinski definition) is 1. The fourth-order valence-electron chi connectivity index (χ4n) is 1.48. The van der Waals surface area contributed by atoms with Gasteiger partial charge in [0.1, 0.15) is 0 Å². The van der Waals surface area contributed by atoms with Crippen LogP contribution in [-0.4, -0.2) is 44.0 Å². The van der Waals surface area contributed by atoms with Gasteiger partial charge in [-0.2, -0.15) is 12.7 Å². The average molecular weight is 357 g/mol. The molecule has 0 saturated carbocycles. The van der Waals surface area contributed by atoms with Gasteiger partial charge in [-0.25, -0.2) is 4.98 Å². The van der Waals surface area contributed by atoms with Crippen LogP contribution < -0.4 is 4.72 Å². The minimum atomic E-state index is -3.62. The number of halogens is 2. The van der Waals surface area contributed by atoms with Crippen molar-refractivity contribution in [3.8, 4) is 0 Å². The van der Waals surface area contributed by atoms with Crippen molar-refractivity contribution in [2.45, 2.75) is 0 Å². The van der Waals surface area contributed by atoms with Crippen molar-refractivity contribution in [2.24, 2.45) is 0 Å². The van der Waals surface area contributed by atoms with Crippen LogP contribution in [0.2, 0.25) is 5.15 Å². The van der Waals surface area contributed by atoms with Crippen molar-refractivity contribution in [2.75, 3.05) is 31.0 Å². The predicted octanol–water partition coefficient (Wildman–Crippen LogP) is 1.49. The summed E-state index contributed by atoms with van der Waals surface area (Å²) in [5.74, 6) is 0. The molecule has 0 spiro atoms. The maximum Gasteiger partial charge on any atom is 0.301 e. The Kier molecular flexibility index (Phi) is 4.44. The molecule has 1 aromatic heterocycles. The summed E-state index contributed by atoms with van der Waals surface area (Å²) in [5.41, 5.74) is 0.248. The van der Waals surface area contributed by atoms with Crippen molar-refractivity contribution < 1.29 is 13.2 Å². The number of nitrogens with one attached hydrogen (secondary N) is 1. The van der Waals surface area contributed by atoms with Gasteiger partial charge in [-0.05, 0) is 22.0 Å². The monoisotopic (exact) mass is 355 g/mol. The number of morpholine rings is 1. The van der Waals surface area contributed by atoms with E-state index in [0.29, 0.717) is 30.8 Å². The van der Waals surface area contributed by atoms with E-state index >= 15 is 0 Å². The van der Waals surface area contributed by atoms with Crippen LogP contribution in [0, 0.1) is 0 Å². The fraction of sp³-hybridized carbons (Fsp3) is 0.444. The first-order valence-corrected chi connectivity index (χ1v) is 7.77. The van der Waals surface area contributed by atoms with Crippen LogP contribution in [0.25, 0.3) is 0 Å². The second kappa shape index (κ2) is 5.70. The van der Waals surface area contributed by atoms with Gasteiger partial charge in [0, 0.05) is 23.8 Å². The lowest BCUT2D eigenvalue weighted by Gasteiger charge is -2.26. The predicted molar refractivity (Wildman–Crippen MR) is 71.9 cm³/mol. The Labute approximate surface area is 119 Å². The van der Waals surface area contributed by atoms with E-state index in [1.165, 1.54) is 10.5 Å². The van der Waals surface area contributed by atoms with Gasteiger partial charge in [0.05, 0.1) is 18.9 Å². The molecule has 0 amide bonds. The largest absolute Gasteiger partial charge is 0.379 e. The Morgan fingerprint density at radius 2 is 2.11 bits per heavy atom. The number of anilines is 1. The Balaban J connectivity index is 2.18. The standard InChI is InChI=1S/C9H11BrClN3O3S/c10-7-5-8(9(11)12-6-7)13-18(15,16)14-1-3-17-4-2-14/h5-6,13H,1-4H2. The summed E-state index contributed by atoms with van der Waals surface area (Å²) < 4.78 is 33.6. The fourth-order valence-corrected chi connectivity index (χ4v) is 3.21. The SMILES string of the molecule is O=S(=O)(Nc1cc(Br)cnc1Cl)N1CCOCC1. The summed E-state index contributed by atoms with van der Waals surface area (Å²) in [6.07, 6.45) is 1.49. The zero-order valence-corrected chi connectivity index (χ0v) is 12.4. The molecule has 1 saturated heterocycles. The Morgan fingerprint density at radius 1 is 1.44 bits per heavy atom. The summed E-state index contributed by atoms with van der Waals surface area (Å²) in [6, 6.07) is 1.56. The second-order valence-corrected chi connectivity index (χ2v) is 6.55. The van der Waals surface area contributed by atoms with Crippen molar-refractivity contribution in [3.63, 3.8) is 0 Å². The van der Waals surface area contributed by atoms with E-state index in [1.54, 1.807) is 6.07 Å². The molecular formula is C9H11BrClN3O3S. The Bertz CT molecular complexity index is 534. The summed E-state index contributed by atoms with van der Waals surface area (Å²) in [4.78, 5) is 3.86. The molecule has 0 bridgehead atoms. The number of hydrogen-bond acceptors (Lipinski definition) is 4. The molecule has 0 aromatic carbocycles. The molecule has 0 atom stereocenters. The summed E-state index contributed by atoms with van der Waals surface area (Å²) >= 11 is 9.05.